The van der Waals surface area contributed by atoms with Gasteiger partial charge in [-0.25, -0.2) is 4.79 Å². The number of aryl methyl sites for hydroxylation is 1. The number of carboxylic acid groups (broad SMARTS) is 1. The van der Waals surface area contributed by atoms with Gasteiger partial charge in [-0.15, -0.1) is 10.2 Å². The second-order valence-corrected chi connectivity index (χ2v) is 7.46. The third kappa shape index (κ3) is 3.46. The molecule has 0 spiro atoms. The summed E-state index contributed by atoms with van der Waals surface area (Å²) < 4.78 is 1.87. The van der Waals surface area contributed by atoms with Gasteiger partial charge >= 0.3 is 5.97 Å². The molecule has 1 saturated heterocycles. The van der Waals surface area contributed by atoms with Crippen LogP contribution < -0.4 is 0 Å². The molecule has 7 heteroatoms. The van der Waals surface area contributed by atoms with E-state index in [0.29, 0.717) is 24.6 Å². The van der Waals surface area contributed by atoms with Crippen molar-refractivity contribution in [1.29, 1.82) is 0 Å². The maximum atomic E-state index is 13.0. The Kier molecular flexibility index (Phi) is 4.92. The molecular weight excluding hydrogens is 344 g/mol. The lowest BCUT2D eigenvalue weighted by Gasteiger charge is -2.33. The number of rotatable bonds is 5. The van der Waals surface area contributed by atoms with E-state index in [1.165, 1.54) is 0 Å². The Morgan fingerprint density at radius 1 is 1.15 bits per heavy atom. The van der Waals surface area contributed by atoms with Crippen LogP contribution in [0.25, 0.3) is 5.69 Å². The number of carboxylic acids is 1. The number of hydrogen-bond acceptors (Lipinski definition) is 4. The Morgan fingerprint density at radius 2 is 1.93 bits per heavy atom. The van der Waals surface area contributed by atoms with Gasteiger partial charge in [0.15, 0.2) is 0 Å². The van der Waals surface area contributed by atoms with Crippen LogP contribution in [0.3, 0.4) is 0 Å². The molecule has 3 unspecified atom stereocenters. The van der Waals surface area contributed by atoms with Crippen LogP contribution >= 0.6 is 0 Å². The number of likely N-dealkylation sites (tertiary alicyclic amines) is 1. The van der Waals surface area contributed by atoms with E-state index < -0.39 is 12.0 Å². The first-order valence-electron chi connectivity index (χ1n) is 9.63. The average Bonchev–Trinajstić information content (AvgIpc) is 3.31. The predicted octanol–water partition coefficient (Wildman–Crippen LogP) is 2.44. The van der Waals surface area contributed by atoms with Crippen LogP contribution in [0.15, 0.2) is 36.7 Å². The second kappa shape index (κ2) is 7.50. The summed E-state index contributed by atoms with van der Waals surface area (Å²) in [6, 6.07) is 9.14. The second-order valence-electron chi connectivity index (χ2n) is 7.46. The quantitative estimate of drug-likeness (QED) is 0.876. The fourth-order valence-electron chi connectivity index (χ4n) is 4.62. The van der Waals surface area contributed by atoms with E-state index in [0.717, 1.165) is 31.4 Å². The molecule has 142 valence electrons. The molecule has 1 aromatic carbocycles. The fourth-order valence-corrected chi connectivity index (χ4v) is 4.62. The van der Waals surface area contributed by atoms with Crippen molar-refractivity contribution in [2.45, 2.75) is 57.0 Å². The highest BCUT2D eigenvalue weighted by Gasteiger charge is 2.47. The van der Waals surface area contributed by atoms with Crippen molar-refractivity contribution < 1.29 is 14.7 Å². The third-order valence-electron chi connectivity index (χ3n) is 5.88. The van der Waals surface area contributed by atoms with Crippen molar-refractivity contribution in [1.82, 2.24) is 19.7 Å². The van der Waals surface area contributed by atoms with Crippen LogP contribution in [0.2, 0.25) is 0 Å². The summed E-state index contributed by atoms with van der Waals surface area (Å²) in [6.45, 7) is 0. The maximum Gasteiger partial charge on any atom is 0.326 e. The summed E-state index contributed by atoms with van der Waals surface area (Å²) in [5.41, 5.74) is 0.946. The molecule has 4 rings (SSSR count). The Bertz CT molecular complexity index is 820. The maximum absolute atomic E-state index is 13.0. The van der Waals surface area contributed by atoms with Crippen LogP contribution in [0.5, 0.6) is 0 Å². The molecule has 1 aliphatic heterocycles. The summed E-state index contributed by atoms with van der Waals surface area (Å²) in [6.07, 6.45) is 7.07. The molecule has 2 heterocycles. The Hall–Kier alpha value is -2.70. The Morgan fingerprint density at radius 3 is 2.70 bits per heavy atom. The van der Waals surface area contributed by atoms with Crippen molar-refractivity contribution >= 4 is 11.9 Å². The summed E-state index contributed by atoms with van der Waals surface area (Å²) >= 11 is 0. The van der Waals surface area contributed by atoms with E-state index >= 15 is 0 Å². The lowest BCUT2D eigenvalue weighted by Crippen LogP contribution is -2.46. The van der Waals surface area contributed by atoms with Gasteiger partial charge in [-0.05, 0) is 37.3 Å². The molecule has 2 aliphatic rings. The van der Waals surface area contributed by atoms with Crippen molar-refractivity contribution in [3.63, 3.8) is 0 Å². The standard InChI is InChI=1S/C20H24N4O3/c25-19(24-16-9-5-4-6-14(16)12-17(24)20(26)27)11-10-18-22-21-13-23(18)15-7-2-1-3-8-15/h1-3,7-8,13-14,16-17H,4-6,9-12H2,(H,26,27). The van der Waals surface area contributed by atoms with Crippen LogP contribution in [0, 0.1) is 5.92 Å². The van der Waals surface area contributed by atoms with E-state index in [1.54, 1.807) is 11.2 Å². The van der Waals surface area contributed by atoms with E-state index in [-0.39, 0.29) is 18.4 Å². The molecule has 3 atom stereocenters. The molecule has 2 fully saturated rings. The van der Waals surface area contributed by atoms with Gasteiger partial charge in [-0.1, -0.05) is 31.0 Å². The van der Waals surface area contributed by atoms with E-state index in [2.05, 4.69) is 10.2 Å². The number of nitrogens with zero attached hydrogens (tertiary/aromatic N) is 4. The zero-order chi connectivity index (χ0) is 18.8. The van der Waals surface area contributed by atoms with Crippen molar-refractivity contribution in [2.24, 2.45) is 5.92 Å². The lowest BCUT2D eigenvalue weighted by atomic mass is 9.84. The van der Waals surface area contributed by atoms with Crippen molar-refractivity contribution in [3.05, 3.63) is 42.5 Å². The van der Waals surface area contributed by atoms with Crippen LogP contribution in [-0.4, -0.2) is 48.7 Å². The molecule has 1 aliphatic carbocycles. The molecule has 1 saturated carbocycles. The normalized spacial score (nSPS) is 24.6. The molecule has 1 aromatic heterocycles. The van der Waals surface area contributed by atoms with Gasteiger partial charge in [-0.3, -0.25) is 9.36 Å². The number of benzene rings is 1. The average molecular weight is 368 g/mol. The number of aromatic nitrogens is 3. The molecular formula is C20H24N4O3. The number of hydrogen-bond donors (Lipinski definition) is 1. The Labute approximate surface area is 158 Å². The smallest absolute Gasteiger partial charge is 0.326 e. The first-order valence-corrected chi connectivity index (χ1v) is 9.63. The van der Waals surface area contributed by atoms with Gasteiger partial charge in [0.05, 0.1) is 0 Å². The third-order valence-corrected chi connectivity index (χ3v) is 5.88. The van der Waals surface area contributed by atoms with Crippen molar-refractivity contribution in [3.8, 4) is 5.69 Å². The van der Waals surface area contributed by atoms with Crippen LogP contribution in [0.1, 0.15) is 44.3 Å². The number of amides is 1. The lowest BCUT2D eigenvalue weighted by molar-refractivity contribution is -0.149. The molecule has 27 heavy (non-hydrogen) atoms. The number of carbonyl (C=O) groups excluding carboxylic acids is 1. The monoisotopic (exact) mass is 368 g/mol. The summed E-state index contributed by atoms with van der Waals surface area (Å²) in [7, 11) is 0. The summed E-state index contributed by atoms with van der Waals surface area (Å²) in [4.78, 5) is 26.3. The van der Waals surface area contributed by atoms with Crippen molar-refractivity contribution in [2.75, 3.05) is 0 Å². The molecule has 0 bridgehead atoms. The highest BCUT2D eigenvalue weighted by atomic mass is 16.4. The van der Waals surface area contributed by atoms with Crippen LogP contribution in [0.4, 0.5) is 0 Å². The largest absolute Gasteiger partial charge is 0.480 e. The minimum absolute atomic E-state index is 0.0827. The van der Waals surface area contributed by atoms with E-state index in [4.69, 9.17) is 0 Å². The first kappa shape index (κ1) is 17.7. The number of aliphatic carboxylic acids is 1. The van der Waals surface area contributed by atoms with Gasteiger partial charge in [0.25, 0.3) is 0 Å². The van der Waals surface area contributed by atoms with E-state index in [9.17, 15) is 14.7 Å². The number of para-hydroxylation sites is 1. The van der Waals surface area contributed by atoms with Gasteiger partial charge in [0.2, 0.25) is 5.91 Å². The molecule has 2 aromatic rings. The zero-order valence-corrected chi connectivity index (χ0v) is 15.2. The van der Waals surface area contributed by atoms with Crippen LogP contribution in [-0.2, 0) is 16.0 Å². The Balaban J connectivity index is 1.48. The molecule has 7 nitrogen and oxygen atoms in total. The SMILES string of the molecule is O=C(O)C1CC2CCCCC2N1C(=O)CCc1nncn1-c1ccccc1. The summed E-state index contributed by atoms with van der Waals surface area (Å²) in [5, 5.41) is 17.7. The first-order chi connectivity index (χ1) is 13.1. The predicted molar refractivity (Wildman–Crippen MR) is 98.3 cm³/mol. The fraction of sp³-hybridized carbons (Fsp3) is 0.500. The van der Waals surface area contributed by atoms with Gasteiger partial charge < -0.3 is 10.0 Å². The van der Waals surface area contributed by atoms with Gasteiger partial charge in [-0.2, -0.15) is 0 Å². The van der Waals surface area contributed by atoms with Gasteiger partial charge in [0.1, 0.15) is 18.2 Å². The van der Waals surface area contributed by atoms with Gasteiger partial charge in [0, 0.05) is 24.6 Å². The minimum Gasteiger partial charge on any atom is -0.480 e. The molecule has 0 radical (unpaired) electrons. The molecule has 1 N–H and O–H groups in total. The molecule has 1 amide bonds. The zero-order valence-electron chi connectivity index (χ0n) is 15.2. The summed E-state index contributed by atoms with van der Waals surface area (Å²) in [5.74, 6) is 0.0715. The minimum atomic E-state index is -0.884. The highest BCUT2D eigenvalue weighted by Crippen LogP contribution is 2.40. The number of fused-ring (bicyclic) bond motifs is 1. The van der Waals surface area contributed by atoms with E-state index in [1.807, 2.05) is 34.9 Å². The topological polar surface area (TPSA) is 88.3 Å². The number of carbonyl (C=O) groups is 2. The highest BCUT2D eigenvalue weighted by molar-refractivity contribution is 5.85.